The van der Waals surface area contributed by atoms with E-state index in [1.807, 2.05) is 11.0 Å². The van der Waals surface area contributed by atoms with E-state index in [0.29, 0.717) is 43.5 Å². The first-order chi connectivity index (χ1) is 22.6. The Morgan fingerprint density at radius 1 is 1.19 bits per heavy atom. The number of carboxylic acids is 1. The van der Waals surface area contributed by atoms with Crippen molar-refractivity contribution < 1.29 is 37.7 Å². The van der Waals surface area contributed by atoms with E-state index in [-0.39, 0.29) is 54.4 Å². The van der Waals surface area contributed by atoms with Gasteiger partial charge in [0.1, 0.15) is 11.6 Å². The van der Waals surface area contributed by atoms with Gasteiger partial charge < -0.3 is 29.1 Å². The third-order valence-corrected chi connectivity index (χ3v) is 9.82. The van der Waals surface area contributed by atoms with Gasteiger partial charge in [0.15, 0.2) is 6.73 Å². The number of piperazine rings is 1. The number of nitrogens with zero attached hydrogens (tertiary/aromatic N) is 4. The quantitative estimate of drug-likeness (QED) is 0.272. The Balaban J connectivity index is 1.29. The standard InChI is InChI=1S/C33H40Cl2F2N4O6/c1-21(33(43)44)28(40-10-13-46-14-11-40)15-23(18-36)29-27(37)4-3-22-19-41(20-47-31(22)29)32(42)30-25(34)16-24(17-26(30)35)39-7-5-38(6-8-39)9-12-45-2/h3-4,16-18,25,28,30H,1,5-15,19-20H2,2H3,(H,43,44)/b23-18-. The molecule has 1 N–H and O–H groups in total. The molecule has 2 saturated heterocycles. The van der Waals surface area contributed by atoms with Crippen molar-refractivity contribution in [2.24, 2.45) is 5.92 Å². The van der Waals surface area contributed by atoms with E-state index in [0.717, 1.165) is 38.4 Å². The number of rotatable bonds is 11. The molecule has 1 amide bonds. The lowest BCUT2D eigenvalue weighted by atomic mass is 9.91. The summed E-state index contributed by atoms with van der Waals surface area (Å²) in [5, 5.41) is 9.30. The van der Waals surface area contributed by atoms with Crippen molar-refractivity contribution in [2.45, 2.75) is 24.4 Å². The lowest BCUT2D eigenvalue weighted by Gasteiger charge is -2.39. The maximum absolute atomic E-state index is 15.4. The number of halogens is 4. The molecule has 2 fully saturated rings. The molecule has 5 rings (SSSR count). The lowest BCUT2D eigenvalue weighted by molar-refractivity contribution is -0.138. The van der Waals surface area contributed by atoms with Crippen molar-refractivity contribution in [1.29, 1.82) is 0 Å². The van der Waals surface area contributed by atoms with Gasteiger partial charge >= 0.3 is 5.97 Å². The summed E-state index contributed by atoms with van der Waals surface area (Å²) in [6.45, 7) is 10.00. The van der Waals surface area contributed by atoms with Crippen LogP contribution in [0.5, 0.6) is 5.75 Å². The first-order valence-corrected chi connectivity index (χ1v) is 16.4. The molecule has 0 bridgehead atoms. The van der Waals surface area contributed by atoms with Crippen LogP contribution in [-0.2, 0) is 25.6 Å². The molecule has 3 aliphatic heterocycles. The largest absolute Gasteiger partial charge is 0.478 e. The number of alkyl halides is 1. The maximum Gasteiger partial charge on any atom is 0.332 e. The molecule has 4 aliphatic rings. The summed E-state index contributed by atoms with van der Waals surface area (Å²) in [4.78, 5) is 33.4. The number of amides is 1. The first-order valence-electron chi connectivity index (χ1n) is 15.6. The minimum Gasteiger partial charge on any atom is -0.478 e. The van der Waals surface area contributed by atoms with Crippen LogP contribution in [0.2, 0.25) is 0 Å². The fourth-order valence-corrected chi connectivity index (χ4v) is 7.21. The first kappa shape index (κ1) is 35.3. The normalized spacial score (nSPS) is 23.4. The molecule has 0 radical (unpaired) electrons. The molecule has 1 aliphatic carbocycles. The van der Waals surface area contributed by atoms with Crippen LogP contribution < -0.4 is 4.74 Å². The van der Waals surface area contributed by atoms with E-state index in [2.05, 4.69) is 16.4 Å². The second kappa shape index (κ2) is 15.9. The van der Waals surface area contributed by atoms with Crippen LogP contribution in [0.3, 0.4) is 0 Å². The Kier molecular flexibility index (Phi) is 12.0. The van der Waals surface area contributed by atoms with Crippen molar-refractivity contribution >= 4 is 40.7 Å². The Bertz CT molecular complexity index is 1440. The number of carboxylic acid groups (broad SMARTS) is 1. The van der Waals surface area contributed by atoms with Gasteiger partial charge in [-0.15, -0.1) is 11.6 Å². The zero-order chi connectivity index (χ0) is 33.7. The van der Waals surface area contributed by atoms with Crippen LogP contribution in [0.1, 0.15) is 17.5 Å². The third-order valence-electron chi connectivity index (χ3n) is 9.10. The predicted octanol–water partition coefficient (Wildman–Crippen LogP) is 4.05. The number of carbonyl (C=O) groups excluding carboxylic acids is 1. The molecule has 3 atom stereocenters. The summed E-state index contributed by atoms with van der Waals surface area (Å²) in [5.41, 5.74) is 1.01. The molecular formula is C33H40Cl2F2N4O6. The van der Waals surface area contributed by atoms with Gasteiger partial charge in [0.2, 0.25) is 5.91 Å². The highest BCUT2D eigenvalue weighted by Gasteiger charge is 2.38. The van der Waals surface area contributed by atoms with E-state index < -0.39 is 29.1 Å². The lowest BCUT2D eigenvalue weighted by Crippen LogP contribution is -2.47. The van der Waals surface area contributed by atoms with Gasteiger partial charge in [0, 0.05) is 80.8 Å². The zero-order valence-corrected chi connectivity index (χ0v) is 27.8. The van der Waals surface area contributed by atoms with E-state index in [4.69, 9.17) is 37.4 Å². The second-order valence-electron chi connectivity index (χ2n) is 11.9. The molecule has 10 nitrogen and oxygen atoms in total. The number of benzene rings is 1. The number of fused-ring (bicyclic) bond motifs is 1. The fraction of sp³-hybridized carbons (Fsp3) is 0.515. The van der Waals surface area contributed by atoms with Crippen molar-refractivity contribution in [3.05, 3.63) is 70.4 Å². The number of allylic oxidation sites excluding steroid dienone is 2. The minimum absolute atomic E-state index is 0.0556. The van der Waals surface area contributed by atoms with Crippen LogP contribution in [-0.4, -0.2) is 127 Å². The Morgan fingerprint density at radius 2 is 1.91 bits per heavy atom. The molecule has 1 aromatic rings. The van der Waals surface area contributed by atoms with Crippen molar-refractivity contribution in [3.63, 3.8) is 0 Å². The summed E-state index contributed by atoms with van der Waals surface area (Å²) in [7, 11) is 1.69. The van der Waals surface area contributed by atoms with Crippen LogP contribution in [0, 0.1) is 11.7 Å². The molecule has 3 heterocycles. The van der Waals surface area contributed by atoms with Crippen LogP contribution in [0.15, 0.2) is 53.5 Å². The second-order valence-corrected chi connectivity index (χ2v) is 12.9. The molecule has 3 unspecified atom stereocenters. The Hall–Kier alpha value is -3.00. The van der Waals surface area contributed by atoms with Gasteiger partial charge in [0.25, 0.3) is 0 Å². The molecule has 0 aromatic heterocycles. The number of morpholine rings is 1. The maximum atomic E-state index is 15.4. The molecule has 47 heavy (non-hydrogen) atoms. The molecular weight excluding hydrogens is 657 g/mol. The zero-order valence-electron chi connectivity index (χ0n) is 26.3. The van der Waals surface area contributed by atoms with Crippen molar-refractivity contribution in [2.75, 3.05) is 79.5 Å². The fourth-order valence-electron chi connectivity index (χ4n) is 6.43. The summed E-state index contributed by atoms with van der Waals surface area (Å²) < 4.78 is 46.4. The highest BCUT2D eigenvalue weighted by Crippen LogP contribution is 2.40. The average Bonchev–Trinajstić information content (AvgIpc) is 3.08. The van der Waals surface area contributed by atoms with Gasteiger partial charge in [-0.2, -0.15) is 0 Å². The molecule has 1 aromatic carbocycles. The molecule has 0 spiro atoms. The number of methoxy groups -OCH3 is 1. The van der Waals surface area contributed by atoms with Gasteiger partial charge in [-0.1, -0.05) is 24.2 Å². The van der Waals surface area contributed by atoms with E-state index in [9.17, 15) is 19.1 Å². The van der Waals surface area contributed by atoms with E-state index in [1.54, 1.807) is 13.2 Å². The average molecular weight is 698 g/mol. The third kappa shape index (κ3) is 8.01. The number of ether oxygens (including phenoxy) is 3. The van der Waals surface area contributed by atoms with E-state index >= 15 is 4.39 Å². The number of carbonyl (C=O) groups is 2. The molecule has 0 saturated carbocycles. The molecule has 14 heteroatoms. The van der Waals surface area contributed by atoms with Gasteiger partial charge in [-0.3, -0.25) is 14.6 Å². The summed E-state index contributed by atoms with van der Waals surface area (Å²) in [6.07, 6.45) is 3.75. The van der Waals surface area contributed by atoms with E-state index in [1.165, 1.54) is 17.0 Å². The topological polar surface area (TPSA) is 95.0 Å². The SMILES string of the molecule is C=C(C(=O)O)C(C/C(=C/F)c1c(F)ccc2c1OCN(C(=O)C1C(Cl)=CC(N3CCN(CCOC)CC3)=CC1Cl)C2)N1CCOCC1. The smallest absolute Gasteiger partial charge is 0.332 e. The van der Waals surface area contributed by atoms with Crippen molar-refractivity contribution in [1.82, 2.24) is 19.6 Å². The Labute approximate surface area is 283 Å². The highest BCUT2D eigenvalue weighted by atomic mass is 35.5. The van der Waals surface area contributed by atoms with Crippen LogP contribution in [0.25, 0.3) is 5.57 Å². The van der Waals surface area contributed by atoms with Gasteiger partial charge in [0.05, 0.1) is 49.6 Å². The highest BCUT2D eigenvalue weighted by molar-refractivity contribution is 6.34. The minimum atomic E-state index is -1.23. The predicted molar refractivity (Wildman–Crippen MR) is 174 cm³/mol. The van der Waals surface area contributed by atoms with Gasteiger partial charge in [-0.05, 0) is 30.2 Å². The summed E-state index contributed by atoms with van der Waals surface area (Å²) in [5.74, 6) is -3.05. The number of aliphatic carboxylic acids is 1. The summed E-state index contributed by atoms with van der Waals surface area (Å²) in [6, 6.07) is 1.88. The van der Waals surface area contributed by atoms with Crippen LogP contribution >= 0.6 is 23.2 Å². The van der Waals surface area contributed by atoms with Gasteiger partial charge in [-0.25, -0.2) is 13.6 Å². The van der Waals surface area contributed by atoms with Crippen LogP contribution in [0.4, 0.5) is 8.78 Å². The molecule has 256 valence electrons. The number of hydrogen-bond donors (Lipinski definition) is 1. The number of hydrogen-bond acceptors (Lipinski definition) is 8. The monoisotopic (exact) mass is 696 g/mol. The van der Waals surface area contributed by atoms with Crippen molar-refractivity contribution in [3.8, 4) is 5.75 Å². The summed E-state index contributed by atoms with van der Waals surface area (Å²) >= 11 is 13.5. The Morgan fingerprint density at radius 3 is 2.55 bits per heavy atom.